The highest BCUT2D eigenvalue weighted by Crippen LogP contribution is 2.31. The summed E-state index contributed by atoms with van der Waals surface area (Å²) in [6.45, 7) is 0.723. The van der Waals surface area contributed by atoms with Crippen LogP contribution >= 0.6 is 11.6 Å². The number of nitrogens with zero attached hydrogens (tertiary/aromatic N) is 3. The monoisotopic (exact) mass is 452 g/mol. The maximum Gasteiger partial charge on any atom is 0.417 e. The van der Waals surface area contributed by atoms with Crippen LogP contribution in [-0.4, -0.2) is 38.7 Å². The number of alkyl halides is 3. The second-order valence-electron chi connectivity index (χ2n) is 7.60. The standard InChI is InChI=1S/C20H20ClF3N6O/c21-17-14(8-12(10-26-17)20(22,23)24)19(31)28-13-5-3-11(4-6-13)9-27-18-16-15(29-30-18)2-1-7-25-16/h1-2,7-8,10-11,13H,3-6,9H2,(H,28,31)(H2,27,29,30). The Bertz CT molecular complexity index is 1080. The molecule has 0 aliphatic heterocycles. The summed E-state index contributed by atoms with van der Waals surface area (Å²) in [4.78, 5) is 20.3. The normalized spacial score (nSPS) is 19.4. The summed E-state index contributed by atoms with van der Waals surface area (Å²) in [6.07, 6.45) is 0.916. The van der Waals surface area contributed by atoms with Crippen LogP contribution in [0.2, 0.25) is 5.15 Å². The Morgan fingerprint density at radius 2 is 2.00 bits per heavy atom. The molecule has 0 bridgehead atoms. The third-order valence-electron chi connectivity index (χ3n) is 5.47. The molecule has 3 heterocycles. The van der Waals surface area contributed by atoms with Crippen molar-refractivity contribution >= 4 is 34.4 Å². The molecule has 0 aromatic carbocycles. The summed E-state index contributed by atoms with van der Waals surface area (Å²) in [5.41, 5.74) is 0.379. The van der Waals surface area contributed by atoms with Gasteiger partial charge in [-0.05, 0) is 49.8 Å². The molecule has 3 aromatic heterocycles. The van der Waals surface area contributed by atoms with E-state index in [-0.39, 0.29) is 16.8 Å². The zero-order valence-corrected chi connectivity index (χ0v) is 17.1. The predicted molar refractivity (Wildman–Crippen MR) is 110 cm³/mol. The number of hydrogen-bond acceptors (Lipinski definition) is 5. The maximum atomic E-state index is 12.9. The number of halogens is 4. The average Bonchev–Trinajstić information content (AvgIpc) is 3.16. The van der Waals surface area contributed by atoms with E-state index < -0.39 is 17.6 Å². The van der Waals surface area contributed by atoms with E-state index in [0.29, 0.717) is 17.9 Å². The average molecular weight is 453 g/mol. The van der Waals surface area contributed by atoms with Gasteiger partial charge in [0.25, 0.3) is 5.91 Å². The van der Waals surface area contributed by atoms with Crippen molar-refractivity contribution in [3.05, 3.63) is 46.9 Å². The van der Waals surface area contributed by atoms with Crippen molar-refractivity contribution in [2.75, 3.05) is 11.9 Å². The van der Waals surface area contributed by atoms with Gasteiger partial charge in [0.1, 0.15) is 10.7 Å². The Hall–Kier alpha value is -2.88. The molecule has 1 saturated carbocycles. The van der Waals surface area contributed by atoms with E-state index >= 15 is 0 Å². The SMILES string of the molecule is O=C(NC1CCC(CNc2n[nH]c3cccnc23)CC1)c1cc(C(F)(F)F)cnc1Cl. The Morgan fingerprint density at radius 3 is 2.74 bits per heavy atom. The van der Waals surface area contributed by atoms with Crippen LogP contribution in [0.4, 0.5) is 19.0 Å². The fraction of sp³-hybridized carbons (Fsp3) is 0.400. The van der Waals surface area contributed by atoms with Crippen LogP contribution in [0.1, 0.15) is 41.6 Å². The quantitative estimate of drug-likeness (QED) is 0.498. The van der Waals surface area contributed by atoms with Crippen molar-refractivity contribution in [2.24, 2.45) is 5.92 Å². The number of fused-ring (bicyclic) bond motifs is 1. The van der Waals surface area contributed by atoms with Gasteiger partial charge in [0.05, 0.1) is 16.6 Å². The molecule has 31 heavy (non-hydrogen) atoms. The lowest BCUT2D eigenvalue weighted by molar-refractivity contribution is -0.137. The lowest BCUT2D eigenvalue weighted by Crippen LogP contribution is -2.38. The molecular formula is C20H20ClF3N6O. The number of carbonyl (C=O) groups is 1. The summed E-state index contributed by atoms with van der Waals surface area (Å²) in [6, 6.07) is 4.35. The molecule has 0 atom stereocenters. The number of H-pyrrole nitrogens is 1. The van der Waals surface area contributed by atoms with Gasteiger partial charge < -0.3 is 10.6 Å². The molecule has 164 valence electrons. The highest BCUT2D eigenvalue weighted by molar-refractivity contribution is 6.32. The lowest BCUT2D eigenvalue weighted by Gasteiger charge is -2.29. The summed E-state index contributed by atoms with van der Waals surface area (Å²) >= 11 is 5.85. The first-order valence-corrected chi connectivity index (χ1v) is 10.3. The highest BCUT2D eigenvalue weighted by atomic mass is 35.5. The molecule has 0 spiro atoms. The van der Waals surface area contributed by atoms with Crippen molar-refractivity contribution in [2.45, 2.75) is 37.9 Å². The molecule has 7 nitrogen and oxygen atoms in total. The van der Waals surface area contributed by atoms with Gasteiger partial charge >= 0.3 is 6.18 Å². The third-order valence-corrected chi connectivity index (χ3v) is 5.77. The summed E-state index contributed by atoms with van der Waals surface area (Å²) < 4.78 is 38.7. The highest BCUT2D eigenvalue weighted by Gasteiger charge is 2.33. The van der Waals surface area contributed by atoms with Gasteiger partial charge in [0.15, 0.2) is 5.82 Å². The first-order valence-electron chi connectivity index (χ1n) is 9.88. The molecule has 0 radical (unpaired) electrons. The topological polar surface area (TPSA) is 95.6 Å². The second kappa shape index (κ2) is 8.70. The minimum absolute atomic E-state index is 0.123. The van der Waals surface area contributed by atoms with Crippen LogP contribution in [0.5, 0.6) is 0 Å². The number of anilines is 1. The van der Waals surface area contributed by atoms with Crippen molar-refractivity contribution in [1.29, 1.82) is 0 Å². The van der Waals surface area contributed by atoms with E-state index in [1.807, 2.05) is 12.1 Å². The fourth-order valence-electron chi connectivity index (χ4n) is 3.75. The Labute approximate surface area is 180 Å². The summed E-state index contributed by atoms with van der Waals surface area (Å²) in [7, 11) is 0. The Kier molecular flexibility index (Phi) is 5.99. The number of carbonyl (C=O) groups excluding carboxylic acids is 1. The van der Waals surface area contributed by atoms with Crippen LogP contribution in [0.25, 0.3) is 11.0 Å². The van der Waals surface area contributed by atoms with Crippen LogP contribution < -0.4 is 10.6 Å². The number of nitrogens with one attached hydrogen (secondary N) is 3. The molecule has 0 saturated heterocycles. The van der Waals surface area contributed by atoms with Gasteiger partial charge in [-0.25, -0.2) is 4.98 Å². The molecule has 1 aliphatic carbocycles. The molecule has 3 aromatic rings. The molecule has 1 fully saturated rings. The van der Waals surface area contributed by atoms with E-state index in [4.69, 9.17) is 11.6 Å². The first-order chi connectivity index (χ1) is 14.8. The number of hydrogen-bond donors (Lipinski definition) is 3. The number of aromatic nitrogens is 4. The van der Waals surface area contributed by atoms with Crippen molar-refractivity contribution in [3.8, 4) is 0 Å². The molecular weight excluding hydrogens is 433 g/mol. The second-order valence-corrected chi connectivity index (χ2v) is 7.96. The van der Waals surface area contributed by atoms with Crippen molar-refractivity contribution < 1.29 is 18.0 Å². The first kappa shape index (κ1) is 21.4. The van der Waals surface area contributed by atoms with Crippen LogP contribution in [0, 0.1) is 5.92 Å². The van der Waals surface area contributed by atoms with Gasteiger partial charge in [-0.15, -0.1) is 0 Å². The smallest absolute Gasteiger partial charge is 0.367 e. The van der Waals surface area contributed by atoms with Crippen LogP contribution in [0.15, 0.2) is 30.6 Å². The Morgan fingerprint density at radius 1 is 1.23 bits per heavy atom. The maximum absolute atomic E-state index is 12.9. The minimum Gasteiger partial charge on any atom is -0.367 e. The van der Waals surface area contributed by atoms with Gasteiger partial charge in [-0.2, -0.15) is 18.3 Å². The van der Waals surface area contributed by atoms with Gasteiger partial charge in [-0.1, -0.05) is 11.6 Å². The number of aromatic amines is 1. The van der Waals surface area contributed by atoms with E-state index in [0.717, 1.165) is 49.3 Å². The zero-order chi connectivity index (χ0) is 22.0. The lowest BCUT2D eigenvalue weighted by atomic mass is 9.86. The number of amides is 1. The fourth-order valence-corrected chi connectivity index (χ4v) is 3.94. The van der Waals surface area contributed by atoms with E-state index in [9.17, 15) is 18.0 Å². The predicted octanol–water partition coefficient (Wildman–Crippen LogP) is 4.43. The minimum atomic E-state index is -4.59. The van der Waals surface area contributed by atoms with Gasteiger partial charge in [0, 0.05) is 25.0 Å². The van der Waals surface area contributed by atoms with E-state index in [1.54, 1.807) is 6.20 Å². The third kappa shape index (κ3) is 4.90. The van der Waals surface area contributed by atoms with Crippen molar-refractivity contribution in [1.82, 2.24) is 25.5 Å². The molecule has 11 heteroatoms. The Balaban J connectivity index is 1.30. The zero-order valence-electron chi connectivity index (χ0n) is 16.3. The summed E-state index contributed by atoms with van der Waals surface area (Å²) in [5.74, 6) is 0.458. The van der Waals surface area contributed by atoms with Gasteiger partial charge in [-0.3, -0.25) is 14.9 Å². The van der Waals surface area contributed by atoms with Gasteiger partial charge in [0.2, 0.25) is 0 Å². The molecule has 1 aliphatic rings. The molecule has 0 unspecified atom stereocenters. The van der Waals surface area contributed by atoms with Crippen molar-refractivity contribution in [3.63, 3.8) is 0 Å². The molecule has 1 amide bonds. The largest absolute Gasteiger partial charge is 0.417 e. The summed E-state index contributed by atoms with van der Waals surface area (Å²) in [5, 5.41) is 13.0. The molecule has 4 rings (SSSR count). The number of rotatable bonds is 5. The van der Waals surface area contributed by atoms with Crippen LogP contribution in [0.3, 0.4) is 0 Å². The number of pyridine rings is 2. The van der Waals surface area contributed by atoms with Crippen LogP contribution in [-0.2, 0) is 6.18 Å². The van der Waals surface area contributed by atoms with E-state index in [1.165, 1.54) is 0 Å². The molecule has 3 N–H and O–H groups in total. The van der Waals surface area contributed by atoms with E-state index in [2.05, 4.69) is 30.8 Å².